The number of rotatable bonds is 5. The van der Waals surface area contributed by atoms with Crippen LogP contribution >= 0.6 is 0 Å². The van der Waals surface area contributed by atoms with E-state index in [1.54, 1.807) is 24.3 Å². The van der Waals surface area contributed by atoms with E-state index in [0.717, 1.165) is 24.3 Å². The smallest absolute Gasteiger partial charge is 0.416 e. The molecule has 0 aromatic heterocycles. The molecule has 0 spiro atoms. The lowest BCUT2D eigenvalue weighted by atomic mass is 10.1. The highest BCUT2D eigenvalue weighted by Crippen LogP contribution is 2.29. The molecule has 2 aromatic rings. The third-order valence-corrected chi connectivity index (χ3v) is 3.43. The van der Waals surface area contributed by atoms with Gasteiger partial charge in [0.1, 0.15) is 5.75 Å². The lowest BCUT2D eigenvalue weighted by Gasteiger charge is -2.13. The van der Waals surface area contributed by atoms with E-state index in [-0.39, 0.29) is 12.1 Å². The van der Waals surface area contributed by atoms with Crippen molar-refractivity contribution >= 4 is 5.91 Å². The summed E-state index contributed by atoms with van der Waals surface area (Å²) >= 11 is 0. The molecule has 2 aromatic carbocycles. The second-order valence-corrected chi connectivity index (χ2v) is 5.07. The van der Waals surface area contributed by atoms with Gasteiger partial charge in [-0.3, -0.25) is 4.79 Å². The molecular weight excluding hydrogens is 323 g/mol. The summed E-state index contributed by atoms with van der Waals surface area (Å²) in [6.07, 6.45) is -5.38. The van der Waals surface area contributed by atoms with Gasteiger partial charge < -0.3 is 15.2 Å². The summed E-state index contributed by atoms with van der Waals surface area (Å²) in [6.45, 7) is -0.0633. The van der Waals surface area contributed by atoms with Crippen molar-refractivity contribution in [2.24, 2.45) is 0 Å². The number of benzene rings is 2. The Labute approximate surface area is 136 Å². The molecule has 0 saturated heterocycles. The molecular formula is C17H16F3NO3. The van der Waals surface area contributed by atoms with Crippen LogP contribution in [0.25, 0.3) is 0 Å². The Morgan fingerprint density at radius 2 is 1.71 bits per heavy atom. The van der Waals surface area contributed by atoms with E-state index in [1.165, 1.54) is 7.11 Å². The Hall–Kier alpha value is -2.54. The van der Waals surface area contributed by atoms with Crippen molar-refractivity contribution in [2.45, 2.75) is 12.3 Å². The zero-order valence-electron chi connectivity index (χ0n) is 12.8. The van der Waals surface area contributed by atoms with Crippen molar-refractivity contribution in [3.8, 4) is 5.75 Å². The van der Waals surface area contributed by atoms with Gasteiger partial charge >= 0.3 is 6.18 Å². The van der Waals surface area contributed by atoms with E-state index in [4.69, 9.17) is 4.74 Å². The fraction of sp³-hybridized carbons (Fsp3) is 0.235. The number of amides is 1. The molecule has 0 heterocycles. The minimum atomic E-state index is -4.44. The fourth-order valence-electron chi connectivity index (χ4n) is 2.05. The van der Waals surface area contributed by atoms with Crippen LogP contribution in [0.3, 0.4) is 0 Å². The van der Waals surface area contributed by atoms with Gasteiger partial charge in [0, 0.05) is 12.1 Å². The molecule has 0 bridgehead atoms. The van der Waals surface area contributed by atoms with Crippen LogP contribution in [0.1, 0.15) is 27.6 Å². The van der Waals surface area contributed by atoms with Gasteiger partial charge in [0.25, 0.3) is 5.91 Å². The second-order valence-electron chi connectivity index (χ2n) is 5.07. The van der Waals surface area contributed by atoms with Gasteiger partial charge in [0.05, 0.1) is 18.8 Å². The predicted molar refractivity (Wildman–Crippen MR) is 81.7 cm³/mol. The normalized spacial score (nSPS) is 12.5. The highest BCUT2D eigenvalue weighted by Gasteiger charge is 2.30. The molecule has 1 atom stereocenters. The van der Waals surface area contributed by atoms with Crippen molar-refractivity contribution in [3.05, 3.63) is 65.2 Å². The van der Waals surface area contributed by atoms with E-state index >= 15 is 0 Å². The molecule has 4 nitrogen and oxygen atoms in total. The number of aliphatic hydroxyl groups is 1. The molecule has 2 N–H and O–H groups in total. The lowest BCUT2D eigenvalue weighted by molar-refractivity contribution is -0.137. The molecule has 1 amide bonds. The first-order valence-electron chi connectivity index (χ1n) is 7.08. The van der Waals surface area contributed by atoms with E-state index in [1.807, 2.05) is 0 Å². The highest BCUT2D eigenvalue weighted by atomic mass is 19.4. The molecule has 1 unspecified atom stereocenters. The zero-order chi connectivity index (χ0) is 17.7. The molecule has 24 heavy (non-hydrogen) atoms. The lowest BCUT2D eigenvalue weighted by Crippen LogP contribution is -2.28. The van der Waals surface area contributed by atoms with Crippen molar-refractivity contribution in [1.82, 2.24) is 5.32 Å². The first-order chi connectivity index (χ1) is 11.3. The first-order valence-corrected chi connectivity index (χ1v) is 7.08. The number of hydrogen-bond acceptors (Lipinski definition) is 3. The Bertz CT molecular complexity index is 682. The van der Waals surface area contributed by atoms with Gasteiger partial charge in [0.2, 0.25) is 0 Å². The van der Waals surface area contributed by atoms with Crippen LogP contribution in [-0.4, -0.2) is 24.7 Å². The molecule has 0 aliphatic carbocycles. The Morgan fingerprint density at radius 3 is 2.21 bits per heavy atom. The van der Waals surface area contributed by atoms with Gasteiger partial charge in [-0.15, -0.1) is 0 Å². The minimum absolute atomic E-state index is 0.0633. The van der Waals surface area contributed by atoms with Crippen LogP contribution in [0.5, 0.6) is 5.75 Å². The molecule has 7 heteroatoms. The van der Waals surface area contributed by atoms with Crippen molar-refractivity contribution in [1.29, 1.82) is 0 Å². The standard InChI is InChI=1S/C17H16F3NO3/c1-24-14-8-4-11(5-9-14)15(22)10-21-16(23)12-2-6-13(7-3-12)17(18,19)20/h2-9,15,22H,10H2,1H3,(H,21,23). The Morgan fingerprint density at radius 1 is 1.12 bits per heavy atom. The number of carbonyl (C=O) groups is 1. The van der Waals surface area contributed by atoms with Crippen LogP contribution in [0.15, 0.2) is 48.5 Å². The van der Waals surface area contributed by atoms with Gasteiger partial charge in [-0.05, 0) is 42.0 Å². The Balaban J connectivity index is 1.94. The maximum Gasteiger partial charge on any atom is 0.416 e. The minimum Gasteiger partial charge on any atom is -0.497 e. The molecule has 0 aliphatic heterocycles. The van der Waals surface area contributed by atoms with Crippen molar-refractivity contribution < 1.29 is 27.8 Å². The molecule has 0 saturated carbocycles. The van der Waals surface area contributed by atoms with Crippen LogP contribution < -0.4 is 10.1 Å². The SMILES string of the molecule is COc1ccc(C(O)CNC(=O)c2ccc(C(F)(F)F)cc2)cc1. The number of halogens is 3. The van der Waals surface area contributed by atoms with E-state index in [9.17, 15) is 23.1 Å². The maximum absolute atomic E-state index is 12.5. The summed E-state index contributed by atoms with van der Waals surface area (Å²) in [5.41, 5.74) is -0.147. The van der Waals surface area contributed by atoms with E-state index in [2.05, 4.69) is 5.32 Å². The van der Waals surface area contributed by atoms with Gasteiger partial charge in [0.15, 0.2) is 0 Å². The monoisotopic (exact) mass is 339 g/mol. The number of carbonyl (C=O) groups excluding carboxylic acids is 1. The van der Waals surface area contributed by atoms with Crippen molar-refractivity contribution in [3.63, 3.8) is 0 Å². The fourth-order valence-corrected chi connectivity index (χ4v) is 2.05. The van der Waals surface area contributed by atoms with E-state index in [0.29, 0.717) is 11.3 Å². The molecule has 128 valence electrons. The summed E-state index contributed by atoms with van der Waals surface area (Å²) < 4.78 is 42.4. The topological polar surface area (TPSA) is 58.6 Å². The molecule has 0 aliphatic rings. The van der Waals surface area contributed by atoms with E-state index < -0.39 is 23.8 Å². The summed E-state index contributed by atoms with van der Waals surface area (Å²) in [6, 6.07) is 10.5. The first kappa shape index (κ1) is 17.8. The molecule has 2 rings (SSSR count). The average Bonchev–Trinajstić information content (AvgIpc) is 2.58. The number of hydrogen-bond donors (Lipinski definition) is 2. The van der Waals surface area contributed by atoms with Crippen LogP contribution in [0.4, 0.5) is 13.2 Å². The summed E-state index contributed by atoms with van der Waals surface area (Å²) in [7, 11) is 1.52. The van der Waals surface area contributed by atoms with Crippen LogP contribution in [0.2, 0.25) is 0 Å². The van der Waals surface area contributed by atoms with Gasteiger partial charge in [-0.25, -0.2) is 0 Å². The number of alkyl halides is 3. The largest absolute Gasteiger partial charge is 0.497 e. The summed E-state index contributed by atoms with van der Waals surface area (Å²) in [5, 5.41) is 12.5. The summed E-state index contributed by atoms with van der Waals surface area (Å²) in [4.78, 5) is 11.9. The van der Waals surface area contributed by atoms with Crippen LogP contribution in [-0.2, 0) is 6.18 Å². The predicted octanol–water partition coefficient (Wildman–Crippen LogP) is 3.18. The highest BCUT2D eigenvalue weighted by molar-refractivity contribution is 5.94. The Kier molecular flexibility index (Phi) is 5.46. The van der Waals surface area contributed by atoms with Crippen LogP contribution in [0, 0.1) is 0 Å². The number of nitrogens with one attached hydrogen (secondary N) is 1. The quantitative estimate of drug-likeness (QED) is 0.880. The third kappa shape index (κ3) is 4.48. The second kappa shape index (κ2) is 7.35. The average molecular weight is 339 g/mol. The van der Waals surface area contributed by atoms with Gasteiger partial charge in [-0.1, -0.05) is 12.1 Å². The van der Waals surface area contributed by atoms with Gasteiger partial charge in [-0.2, -0.15) is 13.2 Å². The maximum atomic E-state index is 12.5. The van der Waals surface area contributed by atoms with Crippen molar-refractivity contribution in [2.75, 3.05) is 13.7 Å². The molecule has 0 fully saturated rings. The molecule has 0 radical (unpaired) electrons. The summed E-state index contributed by atoms with van der Waals surface area (Å²) in [5.74, 6) is 0.0797. The number of aliphatic hydroxyl groups excluding tert-OH is 1. The number of ether oxygens (including phenoxy) is 1. The third-order valence-electron chi connectivity index (χ3n) is 3.43. The zero-order valence-corrected chi connectivity index (χ0v) is 12.8. The number of methoxy groups -OCH3 is 1.